The Bertz CT molecular complexity index is 648. The predicted octanol–water partition coefficient (Wildman–Crippen LogP) is 5.44. The minimum atomic E-state index is -3.11. The molecule has 0 aliphatic carbocycles. The molecule has 5 heteroatoms. The first-order valence-corrected chi connectivity index (χ1v) is 12.3. The summed E-state index contributed by atoms with van der Waals surface area (Å²) in [4.78, 5) is 0. The molecular formula is C27H45NaO3S. The molecule has 0 fully saturated rings. The van der Waals surface area contributed by atoms with Gasteiger partial charge >= 0.3 is 40.2 Å². The van der Waals surface area contributed by atoms with E-state index in [9.17, 15) is 0 Å². The summed E-state index contributed by atoms with van der Waals surface area (Å²) in [5.74, 6) is 1.46. The normalized spacial score (nSPS) is 10.6. The van der Waals surface area contributed by atoms with Crippen molar-refractivity contribution in [2.45, 2.75) is 91.9 Å². The molecule has 2 rings (SSSR count). The summed E-state index contributed by atoms with van der Waals surface area (Å²) in [6.07, 6.45) is 7.93. The van der Waals surface area contributed by atoms with Crippen LogP contribution in [0.4, 0.5) is 0 Å². The van der Waals surface area contributed by atoms with E-state index >= 15 is 0 Å². The zero-order valence-corrected chi connectivity index (χ0v) is 24.6. The van der Waals surface area contributed by atoms with Crippen molar-refractivity contribution < 1.29 is 42.2 Å². The summed E-state index contributed by atoms with van der Waals surface area (Å²) in [6.45, 7) is 13.1. The van der Waals surface area contributed by atoms with Crippen LogP contribution in [0.2, 0.25) is 0 Å². The van der Waals surface area contributed by atoms with Gasteiger partial charge in [0.25, 0.3) is 0 Å². The maximum Gasteiger partial charge on any atom is 1.00 e. The second kappa shape index (κ2) is 28.1. The van der Waals surface area contributed by atoms with Crippen molar-refractivity contribution in [2.75, 3.05) is 0 Å². The molecule has 0 radical (unpaired) electrons. The van der Waals surface area contributed by atoms with Crippen molar-refractivity contribution in [3.05, 3.63) is 79.2 Å². The van der Waals surface area contributed by atoms with Gasteiger partial charge in [0.2, 0.25) is 0 Å². The van der Waals surface area contributed by atoms with Gasteiger partial charge in [0.1, 0.15) is 0 Å². The average Bonchev–Trinajstić information content (AvgIpc) is 2.78. The number of hydrogen-bond donors (Lipinski definition) is 0. The Kier molecular flexibility index (Phi) is 33.6. The smallest absolute Gasteiger partial charge is 0.358 e. The van der Waals surface area contributed by atoms with Crippen molar-refractivity contribution in [3.8, 4) is 0 Å². The molecule has 2 aromatic carbocycles. The second-order valence-corrected chi connectivity index (χ2v) is 7.52. The van der Waals surface area contributed by atoms with Crippen LogP contribution in [0.3, 0.4) is 0 Å². The van der Waals surface area contributed by atoms with Gasteiger partial charge in [-0.1, -0.05) is 128 Å². The van der Waals surface area contributed by atoms with Gasteiger partial charge in [-0.3, -0.25) is 0 Å². The Morgan fingerprint density at radius 2 is 0.906 bits per heavy atom. The van der Waals surface area contributed by atoms with E-state index in [1.165, 1.54) is 49.7 Å². The maximum absolute atomic E-state index is 8.44. The van der Waals surface area contributed by atoms with Gasteiger partial charge in [0.15, 0.2) is 0 Å². The first-order chi connectivity index (χ1) is 14.4. The minimum absolute atomic E-state index is 0. The Hall–Kier alpha value is -0.940. The first kappa shape index (κ1) is 38.3. The predicted molar refractivity (Wildman–Crippen MR) is 136 cm³/mol. The van der Waals surface area contributed by atoms with Crippen molar-refractivity contribution >= 4 is 10.6 Å². The van der Waals surface area contributed by atoms with Crippen LogP contribution in [0.5, 0.6) is 0 Å². The molecular weight excluding hydrogens is 427 g/mol. The molecule has 0 aliphatic heterocycles. The molecule has 2 unspecified atom stereocenters. The van der Waals surface area contributed by atoms with Crippen LogP contribution in [0.25, 0.3) is 0 Å². The molecule has 0 aliphatic rings. The van der Waals surface area contributed by atoms with Gasteiger partial charge in [-0.25, -0.2) is 0 Å². The third-order valence-electron chi connectivity index (χ3n) is 4.72. The summed E-state index contributed by atoms with van der Waals surface area (Å²) >= 11 is 0. The molecule has 3 nitrogen and oxygen atoms in total. The third kappa shape index (κ3) is 23.7. The molecule has 0 bridgehead atoms. The molecule has 0 saturated carbocycles. The third-order valence-corrected chi connectivity index (χ3v) is 4.72. The first-order valence-electron chi connectivity index (χ1n) is 11.3. The second-order valence-electron chi connectivity index (χ2n) is 7.11. The van der Waals surface area contributed by atoms with E-state index in [0.717, 1.165) is 11.8 Å². The van der Waals surface area contributed by atoms with E-state index in [0.29, 0.717) is 0 Å². The molecule has 32 heavy (non-hydrogen) atoms. The fourth-order valence-corrected chi connectivity index (χ4v) is 2.92. The Balaban J connectivity index is -0.000000188. The Labute approximate surface area is 222 Å². The van der Waals surface area contributed by atoms with Gasteiger partial charge in [-0.05, 0) is 35.8 Å². The zero-order valence-electron chi connectivity index (χ0n) is 21.8. The van der Waals surface area contributed by atoms with Crippen LogP contribution in [0.15, 0.2) is 60.7 Å². The van der Waals surface area contributed by atoms with Gasteiger partial charge in [-0.2, -0.15) is 0 Å². The van der Waals surface area contributed by atoms with E-state index in [-0.39, 0.29) is 37.0 Å². The van der Waals surface area contributed by atoms with Gasteiger partial charge in [-0.15, -0.1) is 12.6 Å². The molecule has 0 N–H and O–H groups in total. The van der Waals surface area contributed by atoms with E-state index < -0.39 is 10.6 Å². The molecule has 2 aromatic rings. The summed E-state index contributed by atoms with van der Waals surface area (Å²) in [5, 5.41) is 0. The van der Waals surface area contributed by atoms with Crippen LogP contribution >= 0.6 is 0 Å². The van der Waals surface area contributed by atoms with Crippen molar-refractivity contribution in [3.63, 3.8) is 0 Å². The summed E-state index contributed by atoms with van der Waals surface area (Å²) in [5.41, 5.74) is 2.96. The molecule has 0 aromatic heterocycles. The molecule has 0 heterocycles. The number of hydrogen-bond acceptors (Lipinski definition) is 3. The molecule has 0 amide bonds. The summed E-state index contributed by atoms with van der Waals surface area (Å²) < 4.78 is 25.3. The molecule has 0 spiro atoms. The minimum Gasteiger partial charge on any atom is -0.358 e. The van der Waals surface area contributed by atoms with E-state index in [1.54, 1.807) is 0 Å². The number of unbranched alkanes of at least 4 members (excludes halogenated alkanes) is 2. The summed E-state index contributed by atoms with van der Waals surface area (Å²) in [7, 11) is -3.11. The van der Waals surface area contributed by atoms with Crippen LogP contribution in [-0.4, -0.2) is 12.6 Å². The number of benzene rings is 2. The van der Waals surface area contributed by atoms with Crippen LogP contribution in [0.1, 0.15) is 103 Å². The SMILES string of the molecule is CC.CCCCC(C)c1ccccc1.CCCCC(C)c1ccccc1.O=S(=O)=O.[CH3-].[Na+]. The van der Waals surface area contributed by atoms with Crippen molar-refractivity contribution in [2.24, 2.45) is 0 Å². The van der Waals surface area contributed by atoms with Crippen LogP contribution < -0.4 is 29.6 Å². The van der Waals surface area contributed by atoms with Gasteiger partial charge < -0.3 is 7.43 Å². The largest absolute Gasteiger partial charge is 1.00 e. The van der Waals surface area contributed by atoms with E-state index in [4.69, 9.17) is 12.6 Å². The van der Waals surface area contributed by atoms with E-state index in [1.807, 2.05) is 13.8 Å². The Morgan fingerprint density at radius 1 is 0.656 bits per heavy atom. The number of rotatable bonds is 8. The standard InChI is InChI=1S/2C12H18.C2H6.CH3.Na.O3S/c2*1-3-4-8-11(2)12-9-6-5-7-10-12;1-2;;;1-4(2)3/h2*5-7,9-11H,3-4,8H2,1-2H3;1-2H3;1H3;;/q;;;-1;+1;. The Morgan fingerprint density at radius 3 is 1.12 bits per heavy atom. The van der Waals surface area contributed by atoms with Gasteiger partial charge in [0.05, 0.1) is 0 Å². The van der Waals surface area contributed by atoms with Crippen LogP contribution in [0, 0.1) is 7.43 Å². The van der Waals surface area contributed by atoms with Crippen molar-refractivity contribution in [1.29, 1.82) is 0 Å². The summed E-state index contributed by atoms with van der Waals surface area (Å²) in [6, 6.07) is 21.5. The maximum atomic E-state index is 8.44. The quantitative estimate of drug-likeness (QED) is 0.380. The molecule has 178 valence electrons. The average molecular weight is 473 g/mol. The van der Waals surface area contributed by atoms with E-state index in [2.05, 4.69) is 88.4 Å². The molecule has 0 saturated heterocycles. The zero-order chi connectivity index (χ0) is 23.2. The van der Waals surface area contributed by atoms with Gasteiger partial charge in [0, 0.05) is 0 Å². The fourth-order valence-electron chi connectivity index (χ4n) is 2.92. The molecule has 2 atom stereocenters. The fraction of sp³-hybridized carbons (Fsp3) is 0.519. The van der Waals surface area contributed by atoms with Crippen LogP contribution in [-0.2, 0) is 10.6 Å². The monoisotopic (exact) mass is 472 g/mol. The topological polar surface area (TPSA) is 51.2 Å². The van der Waals surface area contributed by atoms with Crippen molar-refractivity contribution in [1.82, 2.24) is 0 Å².